The molecule has 11 N–H and O–H groups in total. The van der Waals surface area contributed by atoms with Crippen molar-refractivity contribution in [2.45, 2.75) is 162 Å². The van der Waals surface area contributed by atoms with E-state index >= 15 is 0 Å². The van der Waals surface area contributed by atoms with Crippen molar-refractivity contribution in [3.63, 3.8) is 0 Å². The van der Waals surface area contributed by atoms with Crippen molar-refractivity contribution < 1.29 is 94.1 Å². The first-order valence-corrected chi connectivity index (χ1v) is 22.7. The lowest BCUT2D eigenvalue weighted by atomic mass is 9.99. The molecule has 8 heterocycles. The Morgan fingerprint density at radius 3 is 1.46 bits per heavy atom. The second-order valence-corrected chi connectivity index (χ2v) is 17.9. The fourth-order valence-corrected chi connectivity index (χ4v) is 8.65. The lowest BCUT2D eigenvalue weighted by Gasteiger charge is -2.43. The second kappa shape index (κ2) is 22.7. The minimum atomic E-state index is -2.11. The van der Waals surface area contributed by atoms with Gasteiger partial charge in [-0.05, 0) is 0 Å². The number of aryl methyl sites for hydroxylation is 1. The van der Waals surface area contributed by atoms with Gasteiger partial charge in [0, 0.05) is 7.05 Å². The van der Waals surface area contributed by atoms with Crippen LogP contribution < -0.4 is 0 Å². The van der Waals surface area contributed by atoms with Crippen LogP contribution in [0.3, 0.4) is 0 Å². The Bertz CT molecular complexity index is 2280. The largest absolute Gasteiger partial charge is 0.394 e. The van der Waals surface area contributed by atoms with E-state index in [0.717, 1.165) is 0 Å². The van der Waals surface area contributed by atoms with Crippen molar-refractivity contribution in [3.05, 3.63) is 47.6 Å². The molecule has 0 radical (unpaired) electrons. The molecule has 390 valence electrons. The molecule has 4 aromatic heterocycles. The third-order valence-electron chi connectivity index (χ3n) is 11.9. The molecule has 4 saturated heterocycles. The maximum absolute atomic E-state index is 10.9. The molecule has 8 rings (SSSR count). The molecule has 19 atom stereocenters. The van der Waals surface area contributed by atoms with Gasteiger partial charge in [0.25, 0.3) is 0 Å². The number of ether oxygens (including phenoxy) is 8. The zero-order valence-corrected chi connectivity index (χ0v) is 38.4. The average Bonchev–Trinajstić information content (AvgIpc) is 4.21. The Labute approximate surface area is 405 Å². The number of aliphatic hydroxyl groups is 11. The number of alkyl halides is 2. The Balaban J connectivity index is 0.783. The van der Waals surface area contributed by atoms with Crippen LogP contribution in [0.2, 0.25) is 0 Å². The molecule has 0 bridgehead atoms. The van der Waals surface area contributed by atoms with Gasteiger partial charge in [0.1, 0.15) is 108 Å². The Kier molecular flexibility index (Phi) is 17.1. The monoisotopic (exact) mass is 1040 g/mol. The van der Waals surface area contributed by atoms with Crippen LogP contribution in [-0.2, 0) is 91.0 Å². The number of nitrogens with zero attached hydrogens (tertiary/aromatic N) is 12. The highest BCUT2D eigenvalue weighted by Gasteiger charge is 2.58. The van der Waals surface area contributed by atoms with E-state index in [2.05, 4.69) is 41.2 Å². The quantitative estimate of drug-likeness (QED) is 0.0366. The maximum atomic E-state index is 10.9. The van der Waals surface area contributed by atoms with E-state index in [9.17, 15) is 56.2 Å². The first-order chi connectivity index (χ1) is 33.5. The number of aromatic nitrogens is 12. The van der Waals surface area contributed by atoms with Gasteiger partial charge in [-0.25, -0.2) is 14.0 Å². The van der Waals surface area contributed by atoms with Gasteiger partial charge in [0.15, 0.2) is 18.9 Å². The first-order valence-electron chi connectivity index (χ1n) is 21.7. The van der Waals surface area contributed by atoms with Crippen molar-refractivity contribution in [1.29, 1.82) is 0 Å². The van der Waals surface area contributed by atoms with Crippen LogP contribution in [0.25, 0.3) is 0 Å². The molecule has 31 nitrogen and oxygen atoms in total. The van der Waals surface area contributed by atoms with Crippen LogP contribution in [0.4, 0.5) is 0 Å². The molecular weight excluding hydrogens is 987 g/mol. The van der Waals surface area contributed by atoms with Crippen molar-refractivity contribution in [3.8, 4) is 0 Å². The van der Waals surface area contributed by atoms with Crippen molar-refractivity contribution in [2.24, 2.45) is 7.05 Å². The van der Waals surface area contributed by atoms with Gasteiger partial charge >= 0.3 is 0 Å². The molecule has 0 amide bonds. The average molecular weight is 1040 g/mol. The van der Waals surface area contributed by atoms with Gasteiger partial charge in [0.05, 0.1) is 88.7 Å². The summed E-state index contributed by atoms with van der Waals surface area (Å²) < 4.78 is 51.1. The lowest BCUT2D eigenvalue weighted by Crippen LogP contribution is -2.61. The Hall–Kier alpha value is -3.62. The SMILES string of the molecule is Cn1cc(CO[C@H]2OC(Cn3cc(CO[C@H]4O[C@H](Cn5cc(COCc6cn(C[C@H]7O[C@@](CCl)(OC8O[C@H](CO)[C@H](Cl)[C@H](O)[C@H]8O)[C@@H](O)[C@@H]7O)nn6)nn5)[C@@H](O)[C@H](O)[C@@H]4O)nn3)[C@@H](O)[C@H](O)[C@@H]2O)nn1. The van der Waals surface area contributed by atoms with E-state index in [4.69, 9.17) is 61.1 Å². The molecule has 70 heavy (non-hydrogen) atoms. The van der Waals surface area contributed by atoms with Crippen LogP contribution in [0.15, 0.2) is 24.8 Å². The molecule has 2 unspecified atom stereocenters. The summed E-state index contributed by atoms with van der Waals surface area (Å²) in [6.07, 6.45) is -19.1. The third kappa shape index (κ3) is 11.6. The molecule has 0 aliphatic carbocycles. The van der Waals surface area contributed by atoms with E-state index in [0.29, 0.717) is 17.1 Å². The summed E-state index contributed by atoms with van der Waals surface area (Å²) in [6, 6.07) is 0. The molecule has 0 aromatic carbocycles. The summed E-state index contributed by atoms with van der Waals surface area (Å²) in [6.45, 7) is -1.52. The lowest BCUT2D eigenvalue weighted by molar-refractivity contribution is -0.358. The summed E-state index contributed by atoms with van der Waals surface area (Å²) in [5.41, 5.74) is 1.39. The number of hydrogen-bond donors (Lipinski definition) is 11. The number of halogens is 2. The smallest absolute Gasteiger partial charge is 0.214 e. The summed E-state index contributed by atoms with van der Waals surface area (Å²) >= 11 is 12.2. The number of hydrogen-bond acceptors (Lipinski definition) is 27. The molecule has 33 heteroatoms. The van der Waals surface area contributed by atoms with Crippen LogP contribution in [0.5, 0.6) is 0 Å². The molecule has 4 aliphatic heterocycles. The minimum Gasteiger partial charge on any atom is -0.394 e. The minimum absolute atomic E-state index is 0.0566. The van der Waals surface area contributed by atoms with E-state index in [1.165, 1.54) is 37.3 Å². The summed E-state index contributed by atoms with van der Waals surface area (Å²) in [7, 11) is 1.67. The van der Waals surface area contributed by atoms with E-state index in [1.807, 2.05) is 0 Å². The van der Waals surface area contributed by atoms with Crippen LogP contribution in [0.1, 0.15) is 22.8 Å². The normalized spacial score (nSPS) is 38.1. The standard InChI is InChI=1S/C37H54Cl2N12O19/c1-48-2-15(40-44-48)12-64-34-31(60)28(57)25(54)20(66-34)7-50-5-18(43-47-50)13-65-35-32(61)29(58)24(53)19(67-35)6-49-3-16(41-45-49)10-63-11-17-4-51(46-42-17)8-21-26(55)33(62)37(14-38,69-21)70-36-30(59)27(56)23(39)22(9-52)68-36/h2-5,19-36,52-62H,6-14H2,1H3/t19-,20?,21-,22-,23+,24-,25-,26-,27+,28+,29+,30-,31+,32+,33+,34+,35+,36?,37+/m1/s1. The van der Waals surface area contributed by atoms with Gasteiger partial charge in [-0.3, -0.25) is 4.68 Å². The molecular formula is C37H54Cl2N12O19. The topological polar surface area (TPSA) is 419 Å². The fourth-order valence-electron chi connectivity index (χ4n) is 8.08. The summed E-state index contributed by atoms with van der Waals surface area (Å²) in [5.74, 6) is -2.65. The van der Waals surface area contributed by atoms with E-state index in [-0.39, 0.29) is 51.8 Å². The van der Waals surface area contributed by atoms with Crippen LogP contribution in [0, 0.1) is 0 Å². The van der Waals surface area contributed by atoms with Crippen molar-refractivity contribution in [2.75, 3.05) is 12.5 Å². The molecule has 0 spiro atoms. The van der Waals surface area contributed by atoms with Crippen LogP contribution in [-0.4, -0.2) is 244 Å². The molecule has 4 aromatic rings. The van der Waals surface area contributed by atoms with Crippen molar-refractivity contribution in [1.82, 2.24) is 60.0 Å². The molecule has 4 aliphatic rings. The number of rotatable bonds is 20. The van der Waals surface area contributed by atoms with Gasteiger partial charge in [0.2, 0.25) is 5.79 Å². The maximum Gasteiger partial charge on any atom is 0.214 e. The van der Waals surface area contributed by atoms with Crippen LogP contribution >= 0.6 is 23.2 Å². The fraction of sp³-hybridized carbons (Fsp3) is 0.784. The predicted molar refractivity (Wildman–Crippen MR) is 221 cm³/mol. The highest BCUT2D eigenvalue weighted by Crippen LogP contribution is 2.38. The zero-order chi connectivity index (χ0) is 50.0. The second-order valence-electron chi connectivity index (χ2n) is 17.1. The summed E-state index contributed by atoms with van der Waals surface area (Å²) in [4.78, 5) is 0. The van der Waals surface area contributed by atoms with Gasteiger partial charge < -0.3 is 94.1 Å². The zero-order valence-electron chi connectivity index (χ0n) is 36.9. The Morgan fingerprint density at radius 1 is 0.543 bits per heavy atom. The molecule has 4 fully saturated rings. The van der Waals surface area contributed by atoms with Gasteiger partial charge in [-0.1, -0.05) is 20.9 Å². The van der Waals surface area contributed by atoms with Gasteiger partial charge in [-0.15, -0.1) is 43.6 Å². The first kappa shape index (κ1) is 52.7. The third-order valence-corrected chi connectivity index (χ3v) is 12.9. The van der Waals surface area contributed by atoms with Gasteiger partial charge in [-0.2, -0.15) is 0 Å². The van der Waals surface area contributed by atoms with E-state index < -0.39 is 128 Å². The predicted octanol–water partition coefficient (Wildman–Crippen LogP) is -7.53. The Morgan fingerprint density at radius 2 is 0.986 bits per heavy atom. The molecule has 0 saturated carbocycles. The van der Waals surface area contributed by atoms with Crippen molar-refractivity contribution >= 4 is 23.2 Å². The highest BCUT2D eigenvalue weighted by atomic mass is 35.5. The highest BCUT2D eigenvalue weighted by molar-refractivity contribution is 6.21. The van der Waals surface area contributed by atoms with E-state index in [1.54, 1.807) is 13.2 Å². The summed E-state index contributed by atoms with van der Waals surface area (Å²) in [5, 5.41) is 147. The number of aliphatic hydroxyl groups excluding tert-OH is 11.